The fourth-order valence-corrected chi connectivity index (χ4v) is 5.94. The van der Waals surface area contributed by atoms with Crippen LogP contribution in [0, 0.1) is 0 Å². The van der Waals surface area contributed by atoms with Gasteiger partial charge in [-0.2, -0.15) is 0 Å². The molecule has 0 bridgehead atoms. The van der Waals surface area contributed by atoms with Crippen molar-refractivity contribution in [2.24, 2.45) is 0 Å². The molecule has 0 aromatic rings. The lowest BCUT2D eigenvalue weighted by molar-refractivity contribution is -0.143. The molecule has 20 heteroatoms. The zero-order valence-electron chi connectivity index (χ0n) is 15.5. The van der Waals surface area contributed by atoms with Gasteiger partial charge in [-0.25, -0.2) is 0 Å². The highest BCUT2D eigenvalue weighted by Gasteiger charge is 2.34. The van der Waals surface area contributed by atoms with E-state index in [1.807, 2.05) is 0 Å². The Bertz CT molecular complexity index is 704. The molecule has 0 saturated carbocycles. The lowest BCUT2D eigenvalue weighted by Crippen LogP contribution is -2.42. The number of rotatable bonds is 15. The summed E-state index contributed by atoms with van der Waals surface area (Å²) in [5, 5.41) is 9.29. The lowest BCUT2D eigenvalue weighted by atomic mass is 10.1. The van der Waals surface area contributed by atoms with Crippen molar-refractivity contribution in [2.45, 2.75) is 25.3 Å². The summed E-state index contributed by atoms with van der Waals surface area (Å²) in [5.74, 6) is -1.61. The Hall–Kier alpha value is -0.0100. The number of aliphatic carboxylic acids is 1. The predicted octanol–water partition coefficient (Wildman–Crippen LogP) is -1.25. The predicted molar refractivity (Wildman–Crippen MR) is 101 cm³/mol. The fourth-order valence-electron chi connectivity index (χ4n) is 2.56. The van der Waals surface area contributed by atoms with Crippen LogP contribution < -0.4 is 0 Å². The molecule has 0 saturated heterocycles. The molecule has 0 spiro atoms. The molecule has 0 rings (SSSR count). The molecular formula is C10H26N2O14P4. The lowest BCUT2D eigenvalue weighted by Gasteiger charge is -2.29. The van der Waals surface area contributed by atoms with Crippen LogP contribution in [-0.4, -0.2) is 97.8 Å². The first-order valence-electron chi connectivity index (χ1n) is 8.06. The van der Waals surface area contributed by atoms with Gasteiger partial charge in [-0.15, -0.1) is 0 Å². The SMILES string of the molecule is O=C(O)[C@H](CCCCN(CP(=O)(O)O)CP(=O)(O)O)N(CP(=O)(O)O)CP(=O)(O)O. The Morgan fingerprint density at radius 3 is 1.33 bits per heavy atom. The molecule has 0 aliphatic carbocycles. The van der Waals surface area contributed by atoms with Crippen molar-refractivity contribution in [1.82, 2.24) is 9.80 Å². The van der Waals surface area contributed by atoms with Gasteiger partial charge in [-0.3, -0.25) is 32.9 Å². The molecule has 0 fully saturated rings. The second kappa shape index (κ2) is 11.7. The van der Waals surface area contributed by atoms with Gasteiger partial charge in [0.25, 0.3) is 0 Å². The minimum Gasteiger partial charge on any atom is -0.480 e. The van der Waals surface area contributed by atoms with Crippen molar-refractivity contribution in [3.05, 3.63) is 0 Å². The Morgan fingerprint density at radius 1 is 0.667 bits per heavy atom. The molecule has 0 aliphatic heterocycles. The molecule has 0 heterocycles. The second-order valence-corrected chi connectivity index (χ2v) is 13.0. The Labute approximate surface area is 171 Å². The summed E-state index contributed by atoms with van der Waals surface area (Å²) in [6.45, 7) is -0.250. The normalized spacial score (nSPS) is 15.0. The summed E-state index contributed by atoms with van der Waals surface area (Å²) < 4.78 is 44.5. The molecule has 0 unspecified atom stereocenters. The molecule has 180 valence electrons. The van der Waals surface area contributed by atoms with Gasteiger partial charge in [-0.1, -0.05) is 6.42 Å². The summed E-state index contributed by atoms with van der Waals surface area (Å²) >= 11 is 0. The van der Waals surface area contributed by atoms with Gasteiger partial charge in [-0.05, 0) is 19.4 Å². The molecule has 16 nitrogen and oxygen atoms in total. The summed E-state index contributed by atoms with van der Waals surface area (Å²) in [6.07, 6.45) is -4.80. The number of nitrogens with zero attached hydrogens (tertiary/aromatic N) is 2. The van der Waals surface area contributed by atoms with Crippen molar-refractivity contribution < 1.29 is 67.3 Å². The maximum absolute atomic E-state index is 11.5. The van der Waals surface area contributed by atoms with Crippen LogP contribution in [0.25, 0.3) is 0 Å². The van der Waals surface area contributed by atoms with Crippen molar-refractivity contribution in [1.29, 1.82) is 0 Å². The van der Waals surface area contributed by atoms with Gasteiger partial charge in [0.05, 0.1) is 0 Å². The van der Waals surface area contributed by atoms with Crippen LogP contribution in [0.4, 0.5) is 0 Å². The smallest absolute Gasteiger partial charge is 0.339 e. The Morgan fingerprint density at radius 2 is 1.03 bits per heavy atom. The third-order valence-electron chi connectivity index (χ3n) is 3.43. The minimum absolute atomic E-state index is 0.0244. The van der Waals surface area contributed by atoms with Crippen molar-refractivity contribution in [2.75, 3.05) is 31.7 Å². The zero-order valence-corrected chi connectivity index (χ0v) is 19.1. The first kappa shape index (κ1) is 30.0. The van der Waals surface area contributed by atoms with E-state index in [1.54, 1.807) is 0 Å². The number of hydrogen-bond acceptors (Lipinski definition) is 7. The first-order valence-corrected chi connectivity index (χ1v) is 15.2. The highest BCUT2D eigenvalue weighted by atomic mass is 31.2. The van der Waals surface area contributed by atoms with Crippen LogP contribution in [-0.2, 0) is 23.1 Å². The Balaban J connectivity index is 5.14. The van der Waals surface area contributed by atoms with Crippen molar-refractivity contribution in [3.63, 3.8) is 0 Å². The summed E-state index contributed by atoms with van der Waals surface area (Å²) in [6, 6.07) is -1.69. The van der Waals surface area contributed by atoms with E-state index in [9.17, 15) is 28.2 Å². The number of hydrogen-bond donors (Lipinski definition) is 9. The summed E-state index contributed by atoms with van der Waals surface area (Å²) in [4.78, 5) is 84.8. The third kappa shape index (κ3) is 16.7. The minimum atomic E-state index is -4.87. The molecule has 30 heavy (non-hydrogen) atoms. The van der Waals surface area contributed by atoms with Crippen molar-refractivity contribution >= 4 is 36.4 Å². The van der Waals surface area contributed by atoms with Crippen LogP contribution in [0.5, 0.6) is 0 Å². The monoisotopic (exact) mass is 522 g/mol. The van der Waals surface area contributed by atoms with Gasteiger partial charge in [0.15, 0.2) is 0 Å². The number of carboxylic acid groups (broad SMARTS) is 1. The van der Waals surface area contributed by atoms with Gasteiger partial charge < -0.3 is 44.3 Å². The number of unbranched alkanes of at least 4 members (excludes halogenated alkanes) is 1. The van der Waals surface area contributed by atoms with E-state index in [4.69, 9.17) is 39.1 Å². The molecule has 0 aromatic heterocycles. The number of carboxylic acids is 1. The van der Waals surface area contributed by atoms with Crippen LogP contribution in [0.2, 0.25) is 0 Å². The van der Waals surface area contributed by atoms with Crippen LogP contribution >= 0.6 is 30.4 Å². The van der Waals surface area contributed by atoms with E-state index in [0.29, 0.717) is 4.90 Å². The summed E-state index contributed by atoms with van der Waals surface area (Å²) in [7, 11) is -19.0. The van der Waals surface area contributed by atoms with E-state index >= 15 is 0 Å². The van der Waals surface area contributed by atoms with Crippen LogP contribution in [0.1, 0.15) is 19.3 Å². The summed E-state index contributed by atoms with van der Waals surface area (Å²) in [5.41, 5.74) is 0. The van der Waals surface area contributed by atoms with E-state index in [0.717, 1.165) is 4.90 Å². The van der Waals surface area contributed by atoms with Gasteiger partial charge in [0.1, 0.15) is 31.2 Å². The Kier molecular flexibility index (Phi) is 11.7. The maximum atomic E-state index is 11.5. The molecule has 9 N–H and O–H groups in total. The average Bonchev–Trinajstić information content (AvgIpc) is 2.38. The second-order valence-electron chi connectivity index (χ2n) is 6.56. The number of carbonyl (C=O) groups is 1. The topological polar surface area (TPSA) is 274 Å². The molecule has 0 amide bonds. The van der Waals surface area contributed by atoms with Crippen LogP contribution in [0.3, 0.4) is 0 Å². The maximum Gasteiger partial charge on any atom is 0.339 e. The third-order valence-corrected chi connectivity index (χ3v) is 6.43. The van der Waals surface area contributed by atoms with Gasteiger partial charge in [0.2, 0.25) is 0 Å². The molecule has 0 radical (unpaired) electrons. The fraction of sp³-hybridized carbons (Fsp3) is 0.900. The molecule has 1 atom stereocenters. The van der Waals surface area contributed by atoms with E-state index in [1.165, 1.54) is 0 Å². The highest BCUT2D eigenvalue weighted by molar-refractivity contribution is 7.53. The largest absolute Gasteiger partial charge is 0.480 e. The van der Waals surface area contributed by atoms with Gasteiger partial charge >= 0.3 is 36.4 Å². The zero-order chi connectivity index (χ0) is 24.0. The molecular weight excluding hydrogens is 496 g/mol. The quantitative estimate of drug-likeness (QED) is 0.0898. The first-order chi connectivity index (χ1) is 13.2. The molecule has 0 aliphatic rings. The van der Waals surface area contributed by atoms with Gasteiger partial charge in [0, 0.05) is 0 Å². The van der Waals surface area contributed by atoms with E-state index < -0.39 is 67.5 Å². The highest BCUT2D eigenvalue weighted by Crippen LogP contribution is 2.43. The average molecular weight is 522 g/mol. The van der Waals surface area contributed by atoms with E-state index in [-0.39, 0.29) is 25.8 Å². The van der Waals surface area contributed by atoms with Crippen molar-refractivity contribution in [3.8, 4) is 0 Å². The van der Waals surface area contributed by atoms with Crippen LogP contribution in [0.15, 0.2) is 0 Å². The molecule has 0 aromatic carbocycles. The van der Waals surface area contributed by atoms with E-state index in [2.05, 4.69) is 0 Å². The standard InChI is InChI=1S/C10H26N2O14P4/c13-10(14)9(12(7-29(21,22)23)8-30(24,25)26)3-1-2-4-11(5-27(15,16)17)6-28(18,19)20/h9H,1-8H2,(H,13,14)(H2,15,16,17)(H2,18,19,20)(H2,21,22,23)(H2,24,25,26)/t9-/m0/s1.